The van der Waals surface area contributed by atoms with Gasteiger partial charge >= 0.3 is 11.9 Å². The van der Waals surface area contributed by atoms with Crippen LogP contribution >= 0.6 is 0 Å². The molecule has 0 aromatic heterocycles. The van der Waals surface area contributed by atoms with Gasteiger partial charge in [0.05, 0.1) is 0 Å². The molecular formula is C6H8O5. The van der Waals surface area contributed by atoms with E-state index in [-0.39, 0.29) is 12.8 Å². The van der Waals surface area contributed by atoms with Crippen molar-refractivity contribution in [2.24, 2.45) is 0 Å². The zero-order valence-electron chi connectivity index (χ0n) is 5.69. The quantitative estimate of drug-likeness (QED) is 0.579. The SMILES string of the molecule is O=C(O)[C@H]1CC[C@H](C(=O)O)O1. The van der Waals surface area contributed by atoms with E-state index in [1.165, 1.54) is 0 Å². The molecule has 2 N–H and O–H groups in total. The summed E-state index contributed by atoms with van der Waals surface area (Å²) in [5.41, 5.74) is 0. The summed E-state index contributed by atoms with van der Waals surface area (Å²) in [5.74, 6) is -2.18. The van der Waals surface area contributed by atoms with E-state index in [2.05, 4.69) is 4.74 Å². The first kappa shape index (κ1) is 8.00. The Morgan fingerprint density at radius 1 is 1.09 bits per heavy atom. The van der Waals surface area contributed by atoms with Crippen LogP contribution in [-0.4, -0.2) is 34.4 Å². The summed E-state index contributed by atoms with van der Waals surface area (Å²) in [5, 5.41) is 16.8. The van der Waals surface area contributed by atoms with Gasteiger partial charge in [-0.15, -0.1) is 0 Å². The maximum absolute atomic E-state index is 10.3. The molecular weight excluding hydrogens is 152 g/mol. The Labute approximate surface area is 62.6 Å². The van der Waals surface area contributed by atoms with E-state index in [9.17, 15) is 9.59 Å². The number of carboxylic acid groups (broad SMARTS) is 2. The first-order chi connectivity index (χ1) is 5.11. The average molecular weight is 160 g/mol. The van der Waals surface area contributed by atoms with E-state index in [0.29, 0.717) is 0 Å². The summed E-state index contributed by atoms with van der Waals surface area (Å²) < 4.78 is 4.69. The Bertz CT molecular complexity index is 167. The predicted octanol–water partition coefficient (Wildman–Crippen LogP) is -0.297. The van der Waals surface area contributed by atoms with E-state index >= 15 is 0 Å². The number of carbonyl (C=O) groups is 2. The minimum absolute atomic E-state index is 0.284. The first-order valence-electron chi connectivity index (χ1n) is 3.22. The van der Waals surface area contributed by atoms with Crippen molar-refractivity contribution in [3.63, 3.8) is 0 Å². The lowest BCUT2D eigenvalue weighted by atomic mass is 10.2. The Hall–Kier alpha value is -1.10. The molecule has 5 heteroatoms. The molecule has 1 aliphatic heterocycles. The fourth-order valence-corrected chi connectivity index (χ4v) is 1.00. The van der Waals surface area contributed by atoms with Gasteiger partial charge in [0.1, 0.15) is 0 Å². The molecule has 0 aromatic carbocycles. The second kappa shape index (κ2) is 2.87. The van der Waals surface area contributed by atoms with Crippen molar-refractivity contribution >= 4 is 11.9 Å². The van der Waals surface area contributed by atoms with E-state index < -0.39 is 24.1 Å². The standard InChI is InChI=1S/C6H8O5/c7-5(8)3-1-2-4(11-3)6(9)10/h3-4H,1-2H2,(H,7,8)(H,9,10)/t3-,4-/m1/s1. The van der Waals surface area contributed by atoms with Crippen LogP contribution in [-0.2, 0) is 14.3 Å². The molecule has 0 aromatic rings. The van der Waals surface area contributed by atoms with Crippen molar-refractivity contribution in [2.45, 2.75) is 25.0 Å². The molecule has 0 unspecified atom stereocenters. The lowest BCUT2D eigenvalue weighted by Gasteiger charge is -2.04. The van der Waals surface area contributed by atoms with Crippen molar-refractivity contribution in [2.75, 3.05) is 0 Å². The van der Waals surface area contributed by atoms with Crippen molar-refractivity contribution in [3.8, 4) is 0 Å². The minimum Gasteiger partial charge on any atom is -0.479 e. The highest BCUT2D eigenvalue weighted by atomic mass is 16.5. The van der Waals surface area contributed by atoms with E-state index in [1.807, 2.05) is 0 Å². The molecule has 0 radical (unpaired) electrons. The van der Waals surface area contributed by atoms with Gasteiger partial charge in [-0.05, 0) is 12.8 Å². The fourth-order valence-electron chi connectivity index (χ4n) is 1.00. The van der Waals surface area contributed by atoms with Crippen LogP contribution in [0.15, 0.2) is 0 Å². The van der Waals surface area contributed by atoms with Gasteiger partial charge in [-0.2, -0.15) is 0 Å². The third kappa shape index (κ3) is 1.68. The van der Waals surface area contributed by atoms with Crippen molar-refractivity contribution < 1.29 is 24.5 Å². The van der Waals surface area contributed by atoms with Gasteiger partial charge < -0.3 is 14.9 Å². The molecule has 1 aliphatic rings. The predicted molar refractivity (Wildman–Crippen MR) is 33.2 cm³/mol. The van der Waals surface area contributed by atoms with Gasteiger partial charge in [-0.3, -0.25) is 0 Å². The highest BCUT2D eigenvalue weighted by Gasteiger charge is 2.34. The second-order valence-corrected chi connectivity index (χ2v) is 2.37. The molecule has 0 aliphatic carbocycles. The molecule has 0 spiro atoms. The summed E-state index contributed by atoms with van der Waals surface area (Å²) >= 11 is 0. The zero-order chi connectivity index (χ0) is 8.43. The van der Waals surface area contributed by atoms with Crippen LogP contribution in [0.25, 0.3) is 0 Å². The topological polar surface area (TPSA) is 83.8 Å². The van der Waals surface area contributed by atoms with Crippen LogP contribution in [0, 0.1) is 0 Å². The lowest BCUT2D eigenvalue weighted by Crippen LogP contribution is -2.24. The number of carboxylic acids is 2. The van der Waals surface area contributed by atoms with Crippen molar-refractivity contribution in [1.82, 2.24) is 0 Å². The van der Waals surface area contributed by atoms with Gasteiger partial charge in [0, 0.05) is 0 Å². The van der Waals surface area contributed by atoms with Gasteiger partial charge in [0.15, 0.2) is 12.2 Å². The fraction of sp³-hybridized carbons (Fsp3) is 0.667. The van der Waals surface area contributed by atoms with E-state index in [0.717, 1.165) is 0 Å². The van der Waals surface area contributed by atoms with E-state index in [1.54, 1.807) is 0 Å². The van der Waals surface area contributed by atoms with Crippen LogP contribution in [0.2, 0.25) is 0 Å². The number of rotatable bonds is 2. The number of hydrogen-bond acceptors (Lipinski definition) is 3. The van der Waals surface area contributed by atoms with Crippen LogP contribution in [0.4, 0.5) is 0 Å². The van der Waals surface area contributed by atoms with Gasteiger partial charge in [0.25, 0.3) is 0 Å². The molecule has 1 saturated heterocycles. The lowest BCUT2D eigenvalue weighted by molar-refractivity contribution is -0.157. The monoisotopic (exact) mass is 160 g/mol. The molecule has 0 bridgehead atoms. The molecule has 1 fully saturated rings. The smallest absolute Gasteiger partial charge is 0.332 e. The largest absolute Gasteiger partial charge is 0.479 e. The van der Waals surface area contributed by atoms with Crippen molar-refractivity contribution in [1.29, 1.82) is 0 Å². The van der Waals surface area contributed by atoms with Crippen LogP contribution in [0.1, 0.15) is 12.8 Å². The Morgan fingerprint density at radius 3 is 1.64 bits per heavy atom. The van der Waals surface area contributed by atoms with Crippen LogP contribution in [0.3, 0.4) is 0 Å². The third-order valence-electron chi connectivity index (χ3n) is 1.57. The number of hydrogen-bond donors (Lipinski definition) is 2. The molecule has 5 nitrogen and oxygen atoms in total. The van der Waals surface area contributed by atoms with Crippen LogP contribution < -0.4 is 0 Å². The maximum atomic E-state index is 10.3. The molecule has 2 atom stereocenters. The molecule has 0 amide bonds. The Morgan fingerprint density at radius 2 is 1.45 bits per heavy atom. The number of ether oxygens (including phenoxy) is 1. The Balaban J connectivity index is 2.47. The molecule has 1 rings (SSSR count). The van der Waals surface area contributed by atoms with Gasteiger partial charge in [0.2, 0.25) is 0 Å². The summed E-state index contributed by atoms with van der Waals surface area (Å²) in [7, 11) is 0. The molecule has 0 saturated carbocycles. The summed E-state index contributed by atoms with van der Waals surface area (Å²) in [6.45, 7) is 0. The Kier molecular flexibility index (Phi) is 2.09. The summed E-state index contributed by atoms with van der Waals surface area (Å²) in [6.07, 6.45) is -1.30. The highest BCUT2D eigenvalue weighted by Crippen LogP contribution is 2.19. The van der Waals surface area contributed by atoms with E-state index in [4.69, 9.17) is 10.2 Å². The maximum Gasteiger partial charge on any atom is 0.332 e. The molecule has 11 heavy (non-hydrogen) atoms. The summed E-state index contributed by atoms with van der Waals surface area (Å²) in [4.78, 5) is 20.5. The third-order valence-corrected chi connectivity index (χ3v) is 1.57. The molecule has 1 heterocycles. The normalized spacial score (nSPS) is 30.2. The molecule has 62 valence electrons. The van der Waals surface area contributed by atoms with Gasteiger partial charge in [-0.25, -0.2) is 9.59 Å². The highest BCUT2D eigenvalue weighted by molar-refractivity contribution is 5.76. The minimum atomic E-state index is -1.09. The number of aliphatic carboxylic acids is 2. The average Bonchev–Trinajstić information content (AvgIpc) is 2.33. The van der Waals surface area contributed by atoms with Crippen molar-refractivity contribution in [3.05, 3.63) is 0 Å². The van der Waals surface area contributed by atoms with Crippen LogP contribution in [0.5, 0.6) is 0 Å². The first-order valence-corrected chi connectivity index (χ1v) is 3.22. The zero-order valence-corrected chi connectivity index (χ0v) is 5.69. The summed E-state index contributed by atoms with van der Waals surface area (Å²) in [6, 6.07) is 0. The van der Waals surface area contributed by atoms with Gasteiger partial charge in [-0.1, -0.05) is 0 Å². The second-order valence-electron chi connectivity index (χ2n) is 2.37.